The normalized spacial score (nSPS) is 13.4. The number of fused-ring (bicyclic) bond motifs is 1. The van der Waals surface area contributed by atoms with Crippen LogP contribution in [0.4, 0.5) is 11.4 Å². The average molecular weight is 559 g/mol. The van der Waals surface area contributed by atoms with Gasteiger partial charge in [0.25, 0.3) is 16.1 Å². The van der Waals surface area contributed by atoms with E-state index in [-0.39, 0.29) is 22.6 Å². The Hall–Kier alpha value is -2.78. The number of carbonyl (C=O) groups excluding carboxylic acids is 1. The quantitative estimate of drug-likeness (QED) is 0.233. The number of amides is 1. The number of para-hydroxylation sites is 1. The summed E-state index contributed by atoms with van der Waals surface area (Å²) in [5.74, 6) is -0.377. The Morgan fingerprint density at radius 3 is 2.41 bits per heavy atom. The minimum Gasteiger partial charge on any atom is -0.507 e. The van der Waals surface area contributed by atoms with Crippen LogP contribution in [0.1, 0.15) is 91.9 Å². The highest BCUT2D eigenvalue weighted by atomic mass is 32.2. The van der Waals surface area contributed by atoms with Gasteiger partial charge in [-0.1, -0.05) is 65.0 Å². The number of carbonyl (C=O) groups is 1. The van der Waals surface area contributed by atoms with E-state index in [1.807, 2.05) is 13.8 Å². The predicted molar refractivity (Wildman–Crippen MR) is 160 cm³/mol. The molecule has 0 radical (unpaired) electrons. The lowest BCUT2D eigenvalue weighted by molar-refractivity contribution is 0.0933. The van der Waals surface area contributed by atoms with E-state index in [1.54, 1.807) is 18.2 Å². The van der Waals surface area contributed by atoms with E-state index < -0.39 is 10.2 Å². The monoisotopic (exact) mass is 558 g/mol. The summed E-state index contributed by atoms with van der Waals surface area (Å²) in [6.45, 7) is 12.6. The molecule has 2 aromatic carbocycles. The lowest BCUT2D eigenvalue weighted by atomic mass is 9.81. The molecule has 1 amide bonds. The van der Waals surface area contributed by atoms with Gasteiger partial charge in [-0.25, -0.2) is 5.14 Å². The first kappa shape index (κ1) is 30.8. The van der Waals surface area contributed by atoms with Gasteiger partial charge in [0.2, 0.25) is 0 Å². The van der Waals surface area contributed by atoms with Crippen LogP contribution < -0.4 is 20.1 Å². The van der Waals surface area contributed by atoms with Crippen molar-refractivity contribution in [3.63, 3.8) is 0 Å². The molecule has 0 fully saturated rings. The van der Waals surface area contributed by atoms with Crippen molar-refractivity contribution >= 4 is 27.5 Å². The van der Waals surface area contributed by atoms with Crippen molar-refractivity contribution in [2.75, 3.05) is 29.3 Å². The van der Waals surface area contributed by atoms with Crippen molar-refractivity contribution in [2.24, 2.45) is 10.6 Å². The number of hydrogen-bond acceptors (Lipinski definition) is 5. The highest BCUT2D eigenvalue weighted by molar-refractivity contribution is 7.90. The Bertz CT molecular complexity index is 1270. The minimum atomic E-state index is -3.94. The molecule has 0 bridgehead atoms. The fourth-order valence-electron chi connectivity index (χ4n) is 5.61. The summed E-state index contributed by atoms with van der Waals surface area (Å²) in [4.78, 5) is 15.2. The summed E-state index contributed by atoms with van der Waals surface area (Å²) in [7, 11) is -3.94. The Labute approximate surface area is 234 Å². The highest BCUT2D eigenvalue weighted by Gasteiger charge is 2.32. The van der Waals surface area contributed by atoms with Gasteiger partial charge in [0, 0.05) is 25.3 Å². The summed E-state index contributed by atoms with van der Waals surface area (Å²) >= 11 is 0. The number of nitrogens with two attached hydrogens (primary N) is 1. The van der Waals surface area contributed by atoms with E-state index in [4.69, 9.17) is 5.14 Å². The number of phenols is 1. The molecule has 0 saturated heterocycles. The third-order valence-electron chi connectivity index (χ3n) is 7.73. The van der Waals surface area contributed by atoms with Crippen LogP contribution in [0.5, 0.6) is 5.75 Å². The zero-order valence-electron chi connectivity index (χ0n) is 24.2. The van der Waals surface area contributed by atoms with E-state index in [1.165, 1.54) is 49.4 Å². The standard InChI is InChI=1S/C30H46N4O4S/c1-6-7-8-9-10-13-17-34-18-16-23-21(2)27(33-39(31,37)38)22(3)25(28(23)34)19-30(4,5)20-32-29(36)24-14-11-12-15-26(24)35/h11-12,14-15,33,35H,6-10,13,16-20H2,1-5H3,(H,32,36)(H2,31,37,38). The maximum absolute atomic E-state index is 12.8. The van der Waals surface area contributed by atoms with Crippen LogP contribution >= 0.6 is 0 Å². The number of anilines is 2. The lowest BCUT2D eigenvalue weighted by Gasteiger charge is -2.31. The maximum atomic E-state index is 12.8. The molecule has 0 aromatic heterocycles. The number of nitrogens with one attached hydrogen (secondary N) is 2. The molecule has 216 valence electrons. The van der Waals surface area contributed by atoms with Gasteiger partial charge in [0.05, 0.1) is 11.3 Å². The maximum Gasteiger partial charge on any atom is 0.296 e. The molecule has 0 atom stereocenters. The number of hydrogen-bond donors (Lipinski definition) is 4. The Morgan fingerprint density at radius 2 is 1.74 bits per heavy atom. The molecule has 0 aliphatic carbocycles. The van der Waals surface area contributed by atoms with Crippen LogP contribution in [0.15, 0.2) is 24.3 Å². The van der Waals surface area contributed by atoms with Gasteiger partial charge in [-0.05, 0) is 72.9 Å². The van der Waals surface area contributed by atoms with E-state index in [9.17, 15) is 18.3 Å². The summed E-state index contributed by atoms with van der Waals surface area (Å²) < 4.78 is 26.7. The number of aromatic hydroxyl groups is 1. The van der Waals surface area contributed by atoms with Crippen LogP contribution in [0.3, 0.4) is 0 Å². The molecule has 1 heterocycles. The molecule has 0 spiro atoms. The Morgan fingerprint density at radius 1 is 1.08 bits per heavy atom. The molecule has 3 rings (SSSR count). The first-order valence-electron chi connectivity index (χ1n) is 14.1. The highest BCUT2D eigenvalue weighted by Crippen LogP contribution is 2.43. The summed E-state index contributed by atoms with van der Waals surface area (Å²) in [6, 6.07) is 6.50. The van der Waals surface area contributed by atoms with Gasteiger partial charge in [0.1, 0.15) is 5.75 Å². The van der Waals surface area contributed by atoms with Gasteiger partial charge in [-0.3, -0.25) is 9.52 Å². The zero-order valence-corrected chi connectivity index (χ0v) is 25.0. The van der Waals surface area contributed by atoms with Crippen molar-refractivity contribution in [1.82, 2.24) is 5.32 Å². The molecule has 2 aromatic rings. The third kappa shape index (κ3) is 8.11. The topological polar surface area (TPSA) is 125 Å². The number of rotatable bonds is 14. The predicted octanol–water partition coefficient (Wildman–Crippen LogP) is 5.35. The SMILES string of the molecule is CCCCCCCCN1CCc2c(C)c(NS(N)(=O)=O)c(C)c(CC(C)(C)CNC(=O)c3ccccc3O)c21. The second-order valence-corrected chi connectivity index (χ2v) is 12.9. The second-order valence-electron chi connectivity index (χ2n) is 11.6. The lowest BCUT2D eigenvalue weighted by Crippen LogP contribution is -2.36. The smallest absolute Gasteiger partial charge is 0.296 e. The summed E-state index contributed by atoms with van der Waals surface area (Å²) in [6.07, 6.45) is 8.86. The molecule has 9 heteroatoms. The van der Waals surface area contributed by atoms with Crippen LogP contribution in [0.2, 0.25) is 0 Å². The fourth-order valence-corrected chi connectivity index (χ4v) is 6.20. The van der Waals surface area contributed by atoms with Gasteiger partial charge in [-0.15, -0.1) is 0 Å². The Balaban J connectivity index is 1.88. The minimum absolute atomic E-state index is 0.0518. The van der Waals surface area contributed by atoms with Gasteiger partial charge in [0.15, 0.2) is 0 Å². The van der Waals surface area contributed by atoms with Crippen molar-refractivity contribution in [2.45, 2.75) is 86.0 Å². The molecular weight excluding hydrogens is 512 g/mol. The van der Waals surface area contributed by atoms with Crippen molar-refractivity contribution in [3.05, 3.63) is 52.1 Å². The van der Waals surface area contributed by atoms with E-state index in [2.05, 4.69) is 35.7 Å². The molecule has 39 heavy (non-hydrogen) atoms. The van der Waals surface area contributed by atoms with E-state index in [0.717, 1.165) is 42.6 Å². The van der Waals surface area contributed by atoms with Crippen LogP contribution in [-0.2, 0) is 23.1 Å². The summed E-state index contributed by atoms with van der Waals surface area (Å²) in [5, 5.41) is 18.4. The number of phenolic OH excluding ortho intramolecular Hbond substituents is 1. The first-order chi connectivity index (χ1) is 18.3. The van der Waals surface area contributed by atoms with E-state index >= 15 is 0 Å². The zero-order chi connectivity index (χ0) is 28.8. The van der Waals surface area contributed by atoms with E-state index in [0.29, 0.717) is 18.7 Å². The summed E-state index contributed by atoms with van der Waals surface area (Å²) in [5.41, 5.74) is 5.72. The van der Waals surface area contributed by atoms with Crippen LogP contribution in [0, 0.1) is 19.3 Å². The van der Waals surface area contributed by atoms with Gasteiger partial charge < -0.3 is 15.3 Å². The number of benzene rings is 2. The molecular formula is C30H46N4O4S. The molecule has 1 aliphatic heterocycles. The van der Waals surface area contributed by atoms with Crippen molar-refractivity contribution in [3.8, 4) is 5.75 Å². The second kappa shape index (κ2) is 13.0. The molecule has 0 unspecified atom stereocenters. The Kier molecular flexibility index (Phi) is 10.3. The van der Waals surface area contributed by atoms with Gasteiger partial charge in [-0.2, -0.15) is 8.42 Å². The fraction of sp³-hybridized carbons (Fsp3) is 0.567. The average Bonchev–Trinajstić information content (AvgIpc) is 3.29. The number of nitrogens with zero attached hydrogens (tertiary/aromatic N) is 1. The number of unbranched alkanes of at least 4 members (excludes halogenated alkanes) is 5. The van der Waals surface area contributed by atoms with Crippen LogP contribution in [-0.4, -0.2) is 39.1 Å². The van der Waals surface area contributed by atoms with Crippen molar-refractivity contribution < 1.29 is 18.3 Å². The largest absolute Gasteiger partial charge is 0.507 e. The van der Waals surface area contributed by atoms with Crippen molar-refractivity contribution in [1.29, 1.82) is 0 Å². The third-order valence-corrected chi connectivity index (χ3v) is 8.22. The first-order valence-corrected chi connectivity index (χ1v) is 15.7. The van der Waals surface area contributed by atoms with Crippen LogP contribution in [0.25, 0.3) is 0 Å². The molecule has 0 saturated carbocycles. The molecule has 5 N–H and O–H groups in total. The molecule has 1 aliphatic rings. The molecule has 8 nitrogen and oxygen atoms in total. The van der Waals surface area contributed by atoms with Gasteiger partial charge >= 0.3 is 0 Å².